The third-order valence-electron chi connectivity index (χ3n) is 4.27. The van der Waals surface area contributed by atoms with E-state index in [1.807, 2.05) is 45.0 Å². The van der Waals surface area contributed by atoms with Crippen LogP contribution in [-0.2, 0) is 4.79 Å². The van der Waals surface area contributed by atoms with Crippen LogP contribution in [0.4, 0.5) is 0 Å². The molecule has 2 N–H and O–H groups in total. The van der Waals surface area contributed by atoms with Crippen LogP contribution in [0.2, 0.25) is 0 Å². The van der Waals surface area contributed by atoms with E-state index in [9.17, 15) is 9.90 Å². The molecule has 4 nitrogen and oxygen atoms in total. The Morgan fingerprint density at radius 1 is 1.36 bits per heavy atom. The van der Waals surface area contributed by atoms with Crippen molar-refractivity contribution in [2.45, 2.75) is 45.8 Å². The second kappa shape index (κ2) is 7.75. The van der Waals surface area contributed by atoms with Gasteiger partial charge in [0.2, 0.25) is 5.91 Å². The fraction of sp³-hybridized carbons (Fsp3) is 0.611. The molecule has 0 aliphatic carbocycles. The molecule has 1 heterocycles. The molecule has 1 aliphatic rings. The molecule has 0 bridgehead atoms. The smallest absolute Gasteiger partial charge is 0.222 e. The van der Waals surface area contributed by atoms with E-state index in [1.54, 1.807) is 0 Å². The van der Waals surface area contributed by atoms with Crippen LogP contribution in [0.3, 0.4) is 0 Å². The Kier molecular flexibility index (Phi) is 5.98. The van der Waals surface area contributed by atoms with E-state index in [0.29, 0.717) is 6.54 Å². The number of likely N-dealkylation sites (tertiary alicyclic amines) is 1. The van der Waals surface area contributed by atoms with Crippen LogP contribution in [0.1, 0.15) is 43.9 Å². The zero-order chi connectivity index (χ0) is 16.1. The highest BCUT2D eigenvalue weighted by Crippen LogP contribution is 2.18. The first kappa shape index (κ1) is 17.0. The lowest BCUT2D eigenvalue weighted by Gasteiger charge is -2.34. The normalized spacial score (nSPS) is 20.9. The molecule has 0 saturated carbocycles. The number of aliphatic hydroxyl groups is 1. The standard InChI is InChI=1S/C18H28N2O2/c1-13(2)18(22)19-16-5-4-10-20(11-16)12-17(21)15-8-6-14(3)7-9-15/h6-9,13,16-17,21H,4-5,10-12H2,1-3H3,(H,19,22). The number of benzene rings is 1. The molecule has 2 rings (SSSR count). The van der Waals surface area contributed by atoms with Gasteiger partial charge < -0.3 is 10.4 Å². The largest absolute Gasteiger partial charge is 0.387 e. The Morgan fingerprint density at radius 2 is 2.05 bits per heavy atom. The van der Waals surface area contributed by atoms with Crippen molar-refractivity contribution in [3.63, 3.8) is 0 Å². The molecule has 122 valence electrons. The van der Waals surface area contributed by atoms with E-state index in [-0.39, 0.29) is 17.9 Å². The fourth-order valence-corrected chi connectivity index (χ4v) is 2.85. The van der Waals surface area contributed by atoms with Crippen molar-refractivity contribution in [1.82, 2.24) is 10.2 Å². The van der Waals surface area contributed by atoms with Gasteiger partial charge >= 0.3 is 0 Å². The Bertz CT molecular complexity index is 484. The maximum absolute atomic E-state index is 11.8. The molecule has 1 fully saturated rings. The van der Waals surface area contributed by atoms with Crippen LogP contribution < -0.4 is 5.32 Å². The average molecular weight is 304 g/mol. The number of hydrogen-bond acceptors (Lipinski definition) is 3. The second-order valence-electron chi connectivity index (χ2n) is 6.69. The van der Waals surface area contributed by atoms with Gasteiger partial charge in [0, 0.05) is 25.0 Å². The average Bonchev–Trinajstić information content (AvgIpc) is 2.48. The molecule has 2 atom stereocenters. The molecular weight excluding hydrogens is 276 g/mol. The highest BCUT2D eigenvalue weighted by atomic mass is 16.3. The van der Waals surface area contributed by atoms with Gasteiger partial charge in [0.25, 0.3) is 0 Å². The van der Waals surface area contributed by atoms with Gasteiger partial charge in [-0.2, -0.15) is 0 Å². The second-order valence-corrected chi connectivity index (χ2v) is 6.69. The monoisotopic (exact) mass is 304 g/mol. The van der Waals surface area contributed by atoms with E-state index >= 15 is 0 Å². The summed E-state index contributed by atoms with van der Waals surface area (Å²) in [6.07, 6.45) is 1.61. The lowest BCUT2D eigenvalue weighted by molar-refractivity contribution is -0.125. The highest BCUT2D eigenvalue weighted by Gasteiger charge is 2.24. The quantitative estimate of drug-likeness (QED) is 0.877. The third-order valence-corrected chi connectivity index (χ3v) is 4.27. The van der Waals surface area contributed by atoms with Crippen molar-refractivity contribution < 1.29 is 9.90 Å². The first-order chi connectivity index (χ1) is 10.5. The van der Waals surface area contributed by atoms with Crippen LogP contribution in [0, 0.1) is 12.8 Å². The van der Waals surface area contributed by atoms with Gasteiger partial charge in [-0.1, -0.05) is 43.7 Å². The molecule has 0 radical (unpaired) electrons. The van der Waals surface area contributed by atoms with Gasteiger partial charge in [-0.05, 0) is 31.9 Å². The number of aryl methyl sites for hydroxylation is 1. The number of rotatable bonds is 5. The van der Waals surface area contributed by atoms with Crippen molar-refractivity contribution in [3.05, 3.63) is 35.4 Å². The molecule has 1 aliphatic heterocycles. The van der Waals surface area contributed by atoms with E-state index in [0.717, 1.165) is 31.5 Å². The third kappa shape index (κ3) is 4.82. The maximum atomic E-state index is 11.8. The zero-order valence-corrected chi connectivity index (χ0v) is 13.9. The van der Waals surface area contributed by atoms with Gasteiger partial charge in [-0.25, -0.2) is 0 Å². The van der Waals surface area contributed by atoms with Crippen molar-refractivity contribution in [2.75, 3.05) is 19.6 Å². The van der Waals surface area contributed by atoms with E-state index < -0.39 is 6.10 Å². The minimum absolute atomic E-state index is 0.0218. The van der Waals surface area contributed by atoms with Crippen molar-refractivity contribution in [1.29, 1.82) is 0 Å². The molecule has 0 aromatic heterocycles. The zero-order valence-electron chi connectivity index (χ0n) is 13.9. The molecule has 1 aromatic carbocycles. The predicted octanol–water partition coefficient (Wildman–Crippen LogP) is 2.27. The van der Waals surface area contributed by atoms with Gasteiger partial charge in [-0.15, -0.1) is 0 Å². The SMILES string of the molecule is Cc1ccc(C(O)CN2CCCC(NC(=O)C(C)C)C2)cc1. The van der Waals surface area contributed by atoms with Crippen LogP contribution in [0.5, 0.6) is 0 Å². The number of aliphatic hydroxyl groups excluding tert-OH is 1. The minimum atomic E-state index is -0.472. The summed E-state index contributed by atoms with van der Waals surface area (Å²) >= 11 is 0. The molecule has 4 heteroatoms. The number of hydrogen-bond donors (Lipinski definition) is 2. The number of carbonyl (C=O) groups is 1. The minimum Gasteiger partial charge on any atom is -0.387 e. The summed E-state index contributed by atoms with van der Waals surface area (Å²) in [5.74, 6) is 0.138. The Balaban J connectivity index is 1.87. The first-order valence-electron chi connectivity index (χ1n) is 8.23. The molecule has 2 unspecified atom stereocenters. The van der Waals surface area contributed by atoms with Crippen molar-refractivity contribution >= 4 is 5.91 Å². The van der Waals surface area contributed by atoms with Crippen LogP contribution in [-0.4, -0.2) is 41.6 Å². The first-order valence-corrected chi connectivity index (χ1v) is 8.23. The van der Waals surface area contributed by atoms with Crippen LogP contribution >= 0.6 is 0 Å². The summed E-state index contributed by atoms with van der Waals surface area (Å²) in [6.45, 7) is 8.30. The number of piperidine rings is 1. The summed E-state index contributed by atoms with van der Waals surface area (Å²) < 4.78 is 0. The number of carbonyl (C=O) groups excluding carboxylic acids is 1. The van der Waals surface area contributed by atoms with Crippen LogP contribution in [0.25, 0.3) is 0 Å². The number of β-amino-alcohol motifs (C(OH)–C–C–N with tert-alkyl or cyclic N) is 1. The summed E-state index contributed by atoms with van der Waals surface area (Å²) in [4.78, 5) is 14.1. The molecule has 0 spiro atoms. The molecule has 1 saturated heterocycles. The highest BCUT2D eigenvalue weighted by molar-refractivity contribution is 5.78. The van der Waals surface area contributed by atoms with E-state index in [4.69, 9.17) is 0 Å². The van der Waals surface area contributed by atoms with Gasteiger partial charge in [0.15, 0.2) is 0 Å². The Hall–Kier alpha value is -1.39. The lowest BCUT2D eigenvalue weighted by atomic mass is 10.0. The molecule has 22 heavy (non-hydrogen) atoms. The van der Waals surface area contributed by atoms with Gasteiger partial charge in [0.05, 0.1) is 6.10 Å². The van der Waals surface area contributed by atoms with Crippen molar-refractivity contribution in [2.24, 2.45) is 5.92 Å². The Morgan fingerprint density at radius 3 is 2.68 bits per heavy atom. The van der Waals surface area contributed by atoms with Gasteiger partial charge in [-0.3, -0.25) is 9.69 Å². The molecule has 1 amide bonds. The summed E-state index contributed by atoms with van der Waals surface area (Å²) in [6, 6.07) is 8.24. The lowest BCUT2D eigenvalue weighted by Crippen LogP contribution is -2.49. The summed E-state index contributed by atoms with van der Waals surface area (Å²) in [7, 11) is 0. The molecule has 1 aromatic rings. The maximum Gasteiger partial charge on any atom is 0.222 e. The number of nitrogens with zero attached hydrogens (tertiary/aromatic N) is 1. The van der Waals surface area contributed by atoms with E-state index in [2.05, 4.69) is 10.2 Å². The number of amides is 1. The fourth-order valence-electron chi connectivity index (χ4n) is 2.85. The van der Waals surface area contributed by atoms with E-state index in [1.165, 1.54) is 5.56 Å². The summed E-state index contributed by atoms with van der Waals surface area (Å²) in [5, 5.41) is 13.5. The Labute approximate surface area is 133 Å². The van der Waals surface area contributed by atoms with Crippen molar-refractivity contribution in [3.8, 4) is 0 Å². The van der Waals surface area contributed by atoms with Gasteiger partial charge in [0.1, 0.15) is 0 Å². The summed E-state index contributed by atoms with van der Waals surface area (Å²) in [5.41, 5.74) is 2.16. The molecular formula is C18H28N2O2. The van der Waals surface area contributed by atoms with Crippen LogP contribution in [0.15, 0.2) is 24.3 Å². The number of nitrogens with one attached hydrogen (secondary N) is 1. The topological polar surface area (TPSA) is 52.6 Å². The predicted molar refractivity (Wildman–Crippen MR) is 88.6 cm³/mol.